The lowest BCUT2D eigenvalue weighted by atomic mass is 10.1. The molecule has 0 saturated heterocycles. The number of ether oxygens (including phenoxy) is 1. The smallest absolute Gasteiger partial charge is 0.375 e. The molecular weight excluding hydrogens is 391 g/mol. The number of rotatable bonds is 4. The van der Waals surface area contributed by atoms with Crippen molar-refractivity contribution >= 4 is 28.5 Å². The number of esters is 1. The topological polar surface area (TPSA) is 85.6 Å². The van der Waals surface area contributed by atoms with Crippen LogP contribution in [0.15, 0.2) is 45.6 Å². The van der Waals surface area contributed by atoms with Gasteiger partial charge in [0, 0.05) is 6.07 Å². The number of benzene rings is 2. The van der Waals surface area contributed by atoms with Gasteiger partial charge in [0.25, 0.3) is 5.91 Å². The number of hydrogen-bond donors (Lipinski definition) is 1. The summed E-state index contributed by atoms with van der Waals surface area (Å²) >= 11 is 0. The Balaban J connectivity index is 1.76. The Morgan fingerprint density at radius 1 is 1.07 bits per heavy atom. The van der Waals surface area contributed by atoms with Gasteiger partial charge in [0.2, 0.25) is 5.76 Å². The molecule has 1 aromatic heterocycles. The molecule has 1 N–H and O–H groups in total. The van der Waals surface area contributed by atoms with Crippen LogP contribution in [0.2, 0.25) is 0 Å². The summed E-state index contributed by atoms with van der Waals surface area (Å²) < 4.78 is 50.1. The molecule has 0 unspecified atom stereocenters. The van der Waals surface area contributed by atoms with E-state index in [1.165, 1.54) is 13.0 Å². The summed E-state index contributed by atoms with van der Waals surface area (Å²) in [4.78, 5) is 36.5. The molecular formula is C20H14F3NO5. The Labute approximate surface area is 161 Å². The lowest BCUT2D eigenvalue weighted by Crippen LogP contribution is -2.30. The molecule has 0 spiro atoms. The zero-order chi connectivity index (χ0) is 21.3. The van der Waals surface area contributed by atoms with Gasteiger partial charge in [-0.3, -0.25) is 9.59 Å². The first kappa shape index (κ1) is 20.1. The number of carbonyl (C=O) groups is 2. The van der Waals surface area contributed by atoms with Crippen LogP contribution in [-0.4, -0.2) is 18.0 Å². The van der Waals surface area contributed by atoms with Crippen molar-refractivity contribution < 1.29 is 31.9 Å². The van der Waals surface area contributed by atoms with E-state index in [4.69, 9.17) is 9.15 Å². The average Bonchev–Trinajstić information content (AvgIpc) is 2.68. The van der Waals surface area contributed by atoms with E-state index in [-0.39, 0.29) is 11.0 Å². The fraction of sp³-hybridized carbons (Fsp3) is 0.150. The molecule has 150 valence electrons. The number of halogens is 3. The number of nitrogens with one attached hydrogen (secondary N) is 1. The van der Waals surface area contributed by atoms with Gasteiger partial charge in [0.1, 0.15) is 5.58 Å². The predicted molar refractivity (Wildman–Crippen MR) is 97.0 cm³/mol. The van der Waals surface area contributed by atoms with Crippen molar-refractivity contribution in [1.29, 1.82) is 0 Å². The highest BCUT2D eigenvalue weighted by atomic mass is 19.2. The second-order valence-electron chi connectivity index (χ2n) is 6.23. The number of fused-ring (bicyclic) bond motifs is 1. The van der Waals surface area contributed by atoms with Crippen LogP contribution >= 0.6 is 0 Å². The summed E-state index contributed by atoms with van der Waals surface area (Å²) in [6.07, 6.45) is -1.45. The Kier molecular flexibility index (Phi) is 5.40. The maximum atomic E-state index is 13.6. The highest BCUT2D eigenvalue weighted by Crippen LogP contribution is 2.20. The molecule has 0 saturated carbocycles. The first-order valence-electron chi connectivity index (χ1n) is 8.37. The van der Waals surface area contributed by atoms with Gasteiger partial charge in [-0.05, 0) is 38.1 Å². The predicted octanol–water partition coefficient (Wildman–Crippen LogP) is 3.70. The third-order valence-corrected chi connectivity index (χ3v) is 4.03. The standard InChI is InChI=1S/C20H14F3NO5/c1-9-3-6-15-11(7-9)14(25)8-16(29-15)20(27)28-10(2)19(26)24-13-5-4-12(21)17(22)18(13)23/h3-8,10H,1-2H3,(H,24,26)/t10-/m0/s1. The zero-order valence-corrected chi connectivity index (χ0v) is 15.2. The van der Waals surface area contributed by atoms with Crippen molar-refractivity contribution in [3.8, 4) is 0 Å². The number of carbonyl (C=O) groups excluding carboxylic acids is 2. The van der Waals surface area contributed by atoms with Gasteiger partial charge < -0.3 is 14.5 Å². The van der Waals surface area contributed by atoms with Crippen LogP contribution in [0.3, 0.4) is 0 Å². The first-order valence-corrected chi connectivity index (χ1v) is 8.37. The van der Waals surface area contributed by atoms with Crippen molar-refractivity contribution in [2.45, 2.75) is 20.0 Å². The van der Waals surface area contributed by atoms with Gasteiger partial charge in [0.15, 0.2) is 29.0 Å². The summed E-state index contributed by atoms with van der Waals surface area (Å²) in [6, 6.07) is 7.20. The van der Waals surface area contributed by atoms with Crippen molar-refractivity contribution in [2.24, 2.45) is 0 Å². The van der Waals surface area contributed by atoms with Crippen LogP contribution in [0.1, 0.15) is 23.0 Å². The summed E-state index contributed by atoms with van der Waals surface area (Å²) in [5, 5.41) is 2.27. The first-order chi connectivity index (χ1) is 13.7. The molecule has 3 aromatic rings. The fourth-order valence-electron chi connectivity index (χ4n) is 2.50. The summed E-state index contributed by atoms with van der Waals surface area (Å²) in [7, 11) is 0. The molecule has 9 heteroatoms. The van der Waals surface area contributed by atoms with Crippen LogP contribution in [-0.2, 0) is 9.53 Å². The lowest BCUT2D eigenvalue weighted by molar-refractivity contribution is -0.123. The third-order valence-electron chi connectivity index (χ3n) is 4.03. The SMILES string of the molecule is Cc1ccc2oc(C(=O)O[C@@H](C)C(=O)Nc3ccc(F)c(F)c3F)cc(=O)c2c1. The maximum absolute atomic E-state index is 13.6. The lowest BCUT2D eigenvalue weighted by Gasteiger charge is -2.14. The largest absolute Gasteiger partial charge is 0.449 e. The van der Waals surface area contributed by atoms with E-state index in [9.17, 15) is 27.6 Å². The third kappa shape index (κ3) is 4.13. The summed E-state index contributed by atoms with van der Waals surface area (Å²) in [6.45, 7) is 2.96. The van der Waals surface area contributed by atoms with Gasteiger partial charge in [-0.15, -0.1) is 0 Å². The van der Waals surface area contributed by atoms with Crippen LogP contribution < -0.4 is 10.7 Å². The Bertz CT molecular complexity index is 1190. The normalized spacial score (nSPS) is 11.9. The van der Waals surface area contributed by atoms with Crippen LogP contribution in [0.4, 0.5) is 18.9 Å². The van der Waals surface area contributed by atoms with E-state index in [1.807, 2.05) is 5.32 Å². The van der Waals surface area contributed by atoms with Crippen LogP contribution in [0.5, 0.6) is 0 Å². The molecule has 0 aliphatic rings. The molecule has 0 fully saturated rings. The Morgan fingerprint density at radius 2 is 1.79 bits per heavy atom. The van der Waals surface area contributed by atoms with Crippen molar-refractivity contribution in [1.82, 2.24) is 0 Å². The minimum absolute atomic E-state index is 0.163. The van der Waals surface area contributed by atoms with Crippen molar-refractivity contribution in [3.05, 3.63) is 75.4 Å². The van der Waals surface area contributed by atoms with Gasteiger partial charge in [-0.1, -0.05) is 11.6 Å². The zero-order valence-electron chi connectivity index (χ0n) is 15.2. The molecule has 1 amide bonds. The van der Waals surface area contributed by atoms with E-state index in [1.54, 1.807) is 19.1 Å². The highest BCUT2D eigenvalue weighted by molar-refractivity contribution is 5.97. The monoisotopic (exact) mass is 405 g/mol. The number of hydrogen-bond acceptors (Lipinski definition) is 5. The Hall–Kier alpha value is -3.62. The van der Waals surface area contributed by atoms with Crippen LogP contribution in [0, 0.1) is 24.4 Å². The molecule has 6 nitrogen and oxygen atoms in total. The molecule has 29 heavy (non-hydrogen) atoms. The van der Waals surface area contributed by atoms with Gasteiger partial charge in [-0.2, -0.15) is 0 Å². The Morgan fingerprint density at radius 3 is 2.52 bits per heavy atom. The summed E-state index contributed by atoms with van der Waals surface area (Å²) in [5.74, 6) is -7.28. The molecule has 3 rings (SSSR count). The van der Waals surface area contributed by atoms with Gasteiger partial charge in [-0.25, -0.2) is 18.0 Å². The minimum Gasteiger partial charge on any atom is -0.449 e. The molecule has 0 aliphatic heterocycles. The highest BCUT2D eigenvalue weighted by Gasteiger charge is 2.23. The average molecular weight is 405 g/mol. The van der Waals surface area contributed by atoms with E-state index >= 15 is 0 Å². The van der Waals surface area contributed by atoms with E-state index in [2.05, 4.69) is 0 Å². The quantitative estimate of drug-likeness (QED) is 0.528. The van der Waals surface area contributed by atoms with Gasteiger partial charge >= 0.3 is 5.97 Å². The van der Waals surface area contributed by atoms with Crippen molar-refractivity contribution in [2.75, 3.05) is 5.32 Å². The molecule has 0 radical (unpaired) electrons. The molecule has 1 atom stereocenters. The second-order valence-corrected chi connectivity index (χ2v) is 6.23. The minimum atomic E-state index is -1.75. The molecule has 0 bridgehead atoms. The van der Waals surface area contributed by atoms with E-state index in [0.29, 0.717) is 6.07 Å². The van der Waals surface area contributed by atoms with Crippen molar-refractivity contribution in [3.63, 3.8) is 0 Å². The second kappa shape index (κ2) is 7.78. The molecule has 2 aromatic carbocycles. The van der Waals surface area contributed by atoms with Gasteiger partial charge in [0.05, 0.1) is 11.1 Å². The van der Waals surface area contributed by atoms with Crippen LogP contribution in [0.25, 0.3) is 11.0 Å². The maximum Gasteiger partial charge on any atom is 0.375 e. The molecule has 1 heterocycles. The fourth-order valence-corrected chi connectivity index (χ4v) is 2.50. The van der Waals surface area contributed by atoms with E-state index in [0.717, 1.165) is 17.7 Å². The number of amides is 1. The summed E-state index contributed by atoms with van der Waals surface area (Å²) in [5.41, 5.74) is -0.0989. The number of aryl methyl sites for hydroxylation is 1. The number of anilines is 1. The van der Waals surface area contributed by atoms with E-state index < -0.39 is 52.3 Å². The molecule has 0 aliphatic carbocycles.